The lowest BCUT2D eigenvalue weighted by Crippen LogP contribution is -2.32. The molecule has 7 heteroatoms. The molecule has 0 saturated carbocycles. The topological polar surface area (TPSA) is 75.2 Å². The van der Waals surface area contributed by atoms with E-state index >= 15 is 0 Å². The van der Waals surface area contributed by atoms with Crippen LogP contribution in [0.1, 0.15) is 17.8 Å². The summed E-state index contributed by atoms with van der Waals surface area (Å²) in [7, 11) is 0. The summed E-state index contributed by atoms with van der Waals surface area (Å²) in [6.07, 6.45) is 1.56. The van der Waals surface area contributed by atoms with Crippen LogP contribution in [0.15, 0.2) is 36.7 Å². The Labute approximate surface area is 138 Å². The van der Waals surface area contributed by atoms with Crippen molar-refractivity contribution >= 4 is 17.5 Å². The van der Waals surface area contributed by atoms with Crippen molar-refractivity contribution in [1.29, 1.82) is 0 Å². The number of halogens is 1. The van der Waals surface area contributed by atoms with Crippen LogP contribution in [0.3, 0.4) is 0 Å². The lowest BCUT2D eigenvalue weighted by atomic mass is 10.1. The second kappa shape index (κ2) is 6.74. The van der Waals surface area contributed by atoms with Crippen molar-refractivity contribution in [3.63, 3.8) is 0 Å². The average molecular weight is 328 g/mol. The molecule has 24 heavy (non-hydrogen) atoms. The first-order valence-corrected chi connectivity index (χ1v) is 7.64. The van der Waals surface area contributed by atoms with Crippen LogP contribution in [0.4, 0.5) is 10.1 Å². The summed E-state index contributed by atoms with van der Waals surface area (Å²) in [6, 6.07) is 7.60. The van der Waals surface area contributed by atoms with Gasteiger partial charge < -0.3 is 10.2 Å². The van der Waals surface area contributed by atoms with Gasteiger partial charge in [-0.15, -0.1) is 0 Å². The van der Waals surface area contributed by atoms with E-state index < -0.39 is 11.7 Å². The number of amides is 2. The predicted octanol–water partition coefficient (Wildman–Crippen LogP) is 1.59. The molecule has 1 N–H and O–H groups in total. The first-order chi connectivity index (χ1) is 11.5. The standard InChI is InChI=1S/C17H17FN4O2/c1-11-5-14(21-10-20-11)8-19-17(24)12-6-16(23)22(9-12)15-4-2-3-13(18)7-15/h2-5,7,10,12H,6,8-9H2,1H3,(H,19,24). The summed E-state index contributed by atoms with van der Waals surface area (Å²) in [6.45, 7) is 2.38. The largest absolute Gasteiger partial charge is 0.350 e. The maximum atomic E-state index is 13.3. The number of aromatic nitrogens is 2. The Balaban J connectivity index is 1.61. The molecule has 1 saturated heterocycles. The lowest BCUT2D eigenvalue weighted by molar-refractivity contribution is -0.126. The predicted molar refractivity (Wildman–Crippen MR) is 85.5 cm³/mol. The minimum atomic E-state index is -0.455. The van der Waals surface area contributed by atoms with Crippen LogP contribution in [0.25, 0.3) is 0 Å². The fourth-order valence-corrected chi connectivity index (χ4v) is 2.71. The van der Waals surface area contributed by atoms with E-state index in [-0.39, 0.29) is 31.3 Å². The van der Waals surface area contributed by atoms with Gasteiger partial charge in [-0.1, -0.05) is 6.07 Å². The highest BCUT2D eigenvalue weighted by Crippen LogP contribution is 2.25. The molecule has 1 unspecified atom stereocenters. The molecule has 0 aliphatic carbocycles. The van der Waals surface area contributed by atoms with Crippen molar-refractivity contribution in [3.05, 3.63) is 53.9 Å². The van der Waals surface area contributed by atoms with Crippen LogP contribution in [-0.2, 0) is 16.1 Å². The number of nitrogens with one attached hydrogen (secondary N) is 1. The third kappa shape index (κ3) is 3.56. The van der Waals surface area contributed by atoms with Crippen LogP contribution < -0.4 is 10.2 Å². The molecule has 2 aromatic rings. The van der Waals surface area contributed by atoms with E-state index in [2.05, 4.69) is 15.3 Å². The van der Waals surface area contributed by atoms with Crippen molar-refractivity contribution < 1.29 is 14.0 Å². The fourth-order valence-electron chi connectivity index (χ4n) is 2.71. The third-order valence-electron chi connectivity index (χ3n) is 3.92. The highest BCUT2D eigenvalue weighted by atomic mass is 19.1. The number of rotatable bonds is 4. The third-order valence-corrected chi connectivity index (χ3v) is 3.92. The Morgan fingerprint density at radius 3 is 2.96 bits per heavy atom. The summed E-state index contributed by atoms with van der Waals surface area (Å²) < 4.78 is 13.3. The second-order valence-corrected chi connectivity index (χ2v) is 5.75. The molecule has 124 valence electrons. The summed E-state index contributed by atoms with van der Waals surface area (Å²) in [5, 5.41) is 2.79. The van der Waals surface area contributed by atoms with Crippen LogP contribution in [0.2, 0.25) is 0 Å². The van der Waals surface area contributed by atoms with Gasteiger partial charge in [-0.3, -0.25) is 9.59 Å². The molecule has 0 spiro atoms. The van der Waals surface area contributed by atoms with E-state index in [0.717, 1.165) is 5.69 Å². The van der Waals surface area contributed by atoms with Crippen LogP contribution in [0, 0.1) is 18.7 Å². The van der Waals surface area contributed by atoms with Crippen LogP contribution in [-0.4, -0.2) is 28.3 Å². The van der Waals surface area contributed by atoms with Gasteiger partial charge in [0.05, 0.1) is 18.2 Å². The van der Waals surface area contributed by atoms with E-state index in [4.69, 9.17) is 0 Å². The van der Waals surface area contributed by atoms with Crippen molar-refractivity contribution in [2.45, 2.75) is 19.9 Å². The number of benzene rings is 1. The normalized spacial score (nSPS) is 17.2. The van der Waals surface area contributed by atoms with Crippen LogP contribution in [0.5, 0.6) is 0 Å². The number of hydrogen-bond acceptors (Lipinski definition) is 4. The van der Waals surface area contributed by atoms with Gasteiger partial charge in [0.25, 0.3) is 0 Å². The molecule has 2 heterocycles. The highest BCUT2D eigenvalue weighted by Gasteiger charge is 2.35. The van der Waals surface area contributed by atoms with Gasteiger partial charge in [-0.25, -0.2) is 14.4 Å². The number of aryl methyl sites for hydroxylation is 1. The zero-order valence-electron chi connectivity index (χ0n) is 13.2. The summed E-state index contributed by atoms with van der Waals surface area (Å²) in [5.74, 6) is -1.26. The van der Waals surface area contributed by atoms with Crippen molar-refractivity contribution in [2.75, 3.05) is 11.4 Å². The first-order valence-electron chi connectivity index (χ1n) is 7.64. The summed E-state index contributed by atoms with van der Waals surface area (Å²) >= 11 is 0. The van der Waals surface area contributed by atoms with Gasteiger partial charge >= 0.3 is 0 Å². The number of carbonyl (C=O) groups is 2. The monoisotopic (exact) mass is 328 g/mol. The molecule has 1 aliphatic rings. The number of carbonyl (C=O) groups excluding carboxylic acids is 2. The average Bonchev–Trinajstić information content (AvgIpc) is 2.95. The van der Waals surface area contributed by atoms with Gasteiger partial charge in [0.15, 0.2) is 0 Å². The molecular weight excluding hydrogens is 311 g/mol. The first kappa shape index (κ1) is 16.0. The Bertz CT molecular complexity index is 781. The smallest absolute Gasteiger partial charge is 0.227 e. The van der Waals surface area contributed by atoms with Gasteiger partial charge in [0.1, 0.15) is 12.1 Å². The molecule has 1 atom stereocenters. The zero-order chi connectivity index (χ0) is 17.1. The van der Waals surface area contributed by atoms with Crippen molar-refractivity contribution in [1.82, 2.24) is 15.3 Å². The maximum Gasteiger partial charge on any atom is 0.227 e. The lowest BCUT2D eigenvalue weighted by Gasteiger charge is -2.16. The van der Waals surface area contributed by atoms with Gasteiger partial charge in [0, 0.05) is 24.3 Å². The minimum Gasteiger partial charge on any atom is -0.350 e. The molecule has 2 amide bonds. The molecule has 1 aromatic heterocycles. The van der Waals surface area contributed by atoms with Crippen molar-refractivity contribution in [2.24, 2.45) is 5.92 Å². The quantitative estimate of drug-likeness (QED) is 0.925. The minimum absolute atomic E-state index is 0.116. The number of hydrogen-bond donors (Lipinski definition) is 1. The summed E-state index contributed by atoms with van der Waals surface area (Å²) in [4.78, 5) is 33.9. The Hall–Kier alpha value is -2.83. The molecule has 0 bridgehead atoms. The van der Waals surface area contributed by atoms with Gasteiger partial charge in [-0.2, -0.15) is 0 Å². The molecule has 0 radical (unpaired) electrons. The fraction of sp³-hybridized carbons (Fsp3) is 0.294. The molecule has 3 rings (SSSR count). The summed E-state index contributed by atoms with van der Waals surface area (Å²) in [5.41, 5.74) is 2.01. The maximum absolute atomic E-state index is 13.3. The van der Waals surface area contributed by atoms with E-state index in [1.54, 1.807) is 18.2 Å². The zero-order valence-corrected chi connectivity index (χ0v) is 13.2. The van der Waals surface area contributed by atoms with E-state index in [9.17, 15) is 14.0 Å². The SMILES string of the molecule is Cc1cc(CNC(=O)C2CC(=O)N(c3cccc(F)c3)C2)ncn1. The van der Waals surface area contributed by atoms with E-state index in [0.29, 0.717) is 11.4 Å². The number of nitrogens with zero attached hydrogens (tertiary/aromatic N) is 3. The molecule has 1 aliphatic heterocycles. The number of anilines is 1. The molecule has 1 aromatic carbocycles. The Morgan fingerprint density at radius 1 is 1.38 bits per heavy atom. The van der Waals surface area contributed by atoms with Gasteiger partial charge in [0.2, 0.25) is 11.8 Å². The Morgan fingerprint density at radius 2 is 2.21 bits per heavy atom. The van der Waals surface area contributed by atoms with Crippen molar-refractivity contribution in [3.8, 4) is 0 Å². The Kier molecular flexibility index (Phi) is 4.50. The second-order valence-electron chi connectivity index (χ2n) is 5.75. The molecular formula is C17H17FN4O2. The van der Waals surface area contributed by atoms with Crippen LogP contribution >= 0.6 is 0 Å². The van der Waals surface area contributed by atoms with Gasteiger partial charge in [-0.05, 0) is 31.2 Å². The highest BCUT2D eigenvalue weighted by molar-refractivity contribution is 6.00. The molecule has 1 fully saturated rings. The molecule has 6 nitrogen and oxygen atoms in total. The van der Waals surface area contributed by atoms with E-state index in [1.807, 2.05) is 6.92 Å². The van der Waals surface area contributed by atoms with E-state index in [1.165, 1.54) is 23.4 Å².